The standard InChI is InChI=1S/C29H51N/c1-3-5-6-7-8-20-29(23-30)21-9-11-28(22-29)27-18-16-26(17-19-27)25-14-12-24(10-4-2)13-15-25/h24-28H,3-22H2,1-2H3/t24-,25-,26-,27-,28?,29?. The van der Waals surface area contributed by atoms with Crippen LogP contribution in [0.4, 0.5) is 0 Å². The molecule has 0 aromatic rings. The smallest absolute Gasteiger partial charge is 0.0689 e. The van der Waals surface area contributed by atoms with Crippen molar-refractivity contribution in [3.8, 4) is 6.07 Å². The quantitative estimate of drug-likeness (QED) is 0.327. The van der Waals surface area contributed by atoms with Gasteiger partial charge >= 0.3 is 0 Å². The van der Waals surface area contributed by atoms with E-state index in [9.17, 15) is 5.26 Å². The van der Waals surface area contributed by atoms with Crippen LogP contribution in [0.1, 0.15) is 142 Å². The summed E-state index contributed by atoms with van der Waals surface area (Å²) in [6, 6.07) is 2.85. The molecule has 2 atom stereocenters. The van der Waals surface area contributed by atoms with Crippen LogP contribution in [0.15, 0.2) is 0 Å². The average Bonchev–Trinajstić information content (AvgIpc) is 2.80. The third kappa shape index (κ3) is 6.74. The van der Waals surface area contributed by atoms with Crippen LogP contribution in [0.2, 0.25) is 0 Å². The molecule has 0 radical (unpaired) electrons. The fraction of sp³-hybridized carbons (Fsp3) is 0.966. The van der Waals surface area contributed by atoms with Crippen molar-refractivity contribution in [3.05, 3.63) is 0 Å². The Labute approximate surface area is 188 Å². The van der Waals surface area contributed by atoms with E-state index >= 15 is 0 Å². The lowest BCUT2D eigenvalue weighted by Gasteiger charge is -2.43. The number of hydrogen-bond donors (Lipinski definition) is 0. The molecule has 0 aromatic carbocycles. The van der Waals surface area contributed by atoms with Gasteiger partial charge in [-0.25, -0.2) is 0 Å². The van der Waals surface area contributed by atoms with Gasteiger partial charge in [-0.05, 0) is 87.4 Å². The molecule has 0 bridgehead atoms. The molecule has 3 saturated carbocycles. The summed E-state index contributed by atoms with van der Waals surface area (Å²) < 4.78 is 0. The molecular formula is C29H51N. The third-order valence-corrected chi connectivity index (χ3v) is 9.62. The van der Waals surface area contributed by atoms with Crippen LogP contribution in [0, 0.1) is 46.3 Å². The molecule has 0 spiro atoms. The van der Waals surface area contributed by atoms with E-state index in [1.54, 1.807) is 0 Å². The number of rotatable bonds is 10. The second kappa shape index (κ2) is 12.5. The summed E-state index contributed by atoms with van der Waals surface area (Å²) in [6.07, 6.45) is 27.9. The molecule has 0 aromatic heterocycles. The highest BCUT2D eigenvalue weighted by atomic mass is 14.5. The van der Waals surface area contributed by atoms with Gasteiger partial charge in [0.2, 0.25) is 0 Å². The maximum Gasteiger partial charge on any atom is 0.0689 e. The van der Waals surface area contributed by atoms with E-state index in [0.29, 0.717) is 0 Å². The predicted octanol–water partition coefficient (Wildman–Crippen LogP) is 9.46. The van der Waals surface area contributed by atoms with Crippen LogP contribution >= 0.6 is 0 Å². The first kappa shape index (κ1) is 24.1. The zero-order valence-electron chi connectivity index (χ0n) is 20.5. The third-order valence-electron chi connectivity index (χ3n) is 9.62. The second-order valence-electron chi connectivity index (χ2n) is 11.7. The molecule has 3 aliphatic rings. The molecule has 0 heterocycles. The molecule has 3 fully saturated rings. The van der Waals surface area contributed by atoms with Crippen molar-refractivity contribution in [2.24, 2.45) is 35.0 Å². The zero-order chi connectivity index (χ0) is 21.2. The van der Waals surface area contributed by atoms with Crippen LogP contribution in [0.25, 0.3) is 0 Å². The fourth-order valence-electron chi connectivity index (χ4n) is 7.71. The molecule has 0 amide bonds. The minimum Gasteiger partial charge on any atom is -0.198 e. The Kier molecular flexibility index (Phi) is 10.1. The fourth-order valence-corrected chi connectivity index (χ4v) is 7.71. The van der Waals surface area contributed by atoms with E-state index in [4.69, 9.17) is 0 Å². The second-order valence-corrected chi connectivity index (χ2v) is 11.7. The van der Waals surface area contributed by atoms with E-state index in [1.165, 1.54) is 128 Å². The highest BCUT2D eigenvalue weighted by Gasteiger charge is 2.40. The first-order chi connectivity index (χ1) is 14.7. The molecule has 0 aliphatic heterocycles. The number of hydrogen-bond acceptors (Lipinski definition) is 1. The lowest BCUT2D eigenvalue weighted by atomic mass is 9.61. The van der Waals surface area contributed by atoms with Gasteiger partial charge in [0.25, 0.3) is 0 Å². The maximum absolute atomic E-state index is 10.1. The summed E-state index contributed by atoms with van der Waals surface area (Å²) in [4.78, 5) is 0. The molecule has 172 valence electrons. The van der Waals surface area contributed by atoms with Crippen LogP contribution < -0.4 is 0 Å². The summed E-state index contributed by atoms with van der Waals surface area (Å²) in [5.41, 5.74) is 0.0314. The Morgan fingerprint density at radius 2 is 1.30 bits per heavy atom. The molecule has 30 heavy (non-hydrogen) atoms. The summed E-state index contributed by atoms with van der Waals surface area (Å²) in [5, 5.41) is 10.1. The Balaban J connectivity index is 1.42. The van der Waals surface area contributed by atoms with Gasteiger partial charge in [-0.15, -0.1) is 0 Å². The average molecular weight is 414 g/mol. The Bertz CT molecular complexity index is 503. The van der Waals surface area contributed by atoms with Gasteiger partial charge in [0.1, 0.15) is 0 Å². The summed E-state index contributed by atoms with van der Waals surface area (Å²) in [6.45, 7) is 4.64. The number of nitriles is 1. The lowest BCUT2D eigenvalue weighted by molar-refractivity contribution is 0.0814. The van der Waals surface area contributed by atoms with Gasteiger partial charge in [-0.1, -0.05) is 84.5 Å². The maximum atomic E-state index is 10.1. The predicted molar refractivity (Wildman–Crippen MR) is 129 cm³/mol. The molecule has 0 N–H and O–H groups in total. The van der Waals surface area contributed by atoms with E-state index in [-0.39, 0.29) is 5.41 Å². The van der Waals surface area contributed by atoms with Crippen molar-refractivity contribution in [1.29, 1.82) is 5.26 Å². The summed E-state index contributed by atoms with van der Waals surface area (Å²) in [5.74, 6) is 4.92. The molecule has 1 nitrogen and oxygen atoms in total. The van der Waals surface area contributed by atoms with E-state index in [1.807, 2.05) is 0 Å². The van der Waals surface area contributed by atoms with Crippen molar-refractivity contribution in [2.45, 2.75) is 142 Å². The van der Waals surface area contributed by atoms with Crippen molar-refractivity contribution in [1.82, 2.24) is 0 Å². The first-order valence-corrected chi connectivity index (χ1v) is 14.1. The Morgan fingerprint density at radius 1 is 0.700 bits per heavy atom. The Hall–Kier alpha value is -0.510. The highest BCUT2D eigenvalue weighted by Crippen LogP contribution is 2.50. The molecule has 1 heteroatoms. The van der Waals surface area contributed by atoms with Crippen molar-refractivity contribution < 1.29 is 0 Å². The summed E-state index contributed by atoms with van der Waals surface area (Å²) >= 11 is 0. The largest absolute Gasteiger partial charge is 0.198 e. The Morgan fingerprint density at radius 3 is 1.90 bits per heavy atom. The number of unbranched alkanes of at least 4 members (excludes halogenated alkanes) is 4. The van der Waals surface area contributed by atoms with Gasteiger partial charge in [-0.2, -0.15) is 5.26 Å². The van der Waals surface area contributed by atoms with Crippen molar-refractivity contribution in [3.63, 3.8) is 0 Å². The van der Waals surface area contributed by atoms with Crippen molar-refractivity contribution >= 4 is 0 Å². The molecule has 3 rings (SSSR count). The van der Waals surface area contributed by atoms with Gasteiger partial charge in [0, 0.05) is 0 Å². The van der Waals surface area contributed by atoms with Crippen LogP contribution in [0.3, 0.4) is 0 Å². The number of nitrogens with zero attached hydrogens (tertiary/aromatic N) is 1. The van der Waals surface area contributed by atoms with Gasteiger partial charge in [0.15, 0.2) is 0 Å². The normalized spacial score (nSPS) is 37.6. The monoisotopic (exact) mass is 413 g/mol. The molecular weight excluding hydrogens is 362 g/mol. The minimum atomic E-state index is 0.0314. The minimum absolute atomic E-state index is 0.0314. The van der Waals surface area contributed by atoms with Crippen molar-refractivity contribution in [2.75, 3.05) is 0 Å². The van der Waals surface area contributed by atoms with Crippen LogP contribution in [0.5, 0.6) is 0 Å². The molecule has 3 aliphatic carbocycles. The topological polar surface area (TPSA) is 23.8 Å². The van der Waals surface area contributed by atoms with Crippen LogP contribution in [-0.4, -0.2) is 0 Å². The van der Waals surface area contributed by atoms with Gasteiger partial charge in [0.05, 0.1) is 11.5 Å². The van der Waals surface area contributed by atoms with E-state index in [2.05, 4.69) is 19.9 Å². The molecule has 0 saturated heterocycles. The molecule has 2 unspecified atom stereocenters. The SMILES string of the molecule is CCCCCCCC1(C#N)CCCC([C@H]2CC[C@H]([C@H]3CC[C@H](CCC)CC3)CC2)C1. The van der Waals surface area contributed by atoms with Gasteiger partial charge < -0.3 is 0 Å². The van der Waals surface area contributed by atoms with E-state index < -0.39 is 0 Å². The first-order valence-electron chi connectivity index (χ1n) is 14.1. The van der Waals surface area contributed by atoms with Crippen LogP contribution in [-0.2, 0) is 0 Å². The highest BCUT2D eigenvalue weighted by molar-refractivity contribution is 5.03. The zero-order valence-corrected chi connectivity index (χ0v) is 20.5. The van der Waals surface area contributed by atoms with E-state index in [0.717, 1.165) is 29.6 Å². The lowest BCUT2D eigenvalue weighted by Crippen LogP contribution is -2.34. The summed E-state index contributed by atoms with van der Waals surface area (Å²) in [7, 11) is 0. The van der Waals surface area contributed by atoms with Gasteiger partial charge in [-0.3, -0.25) is 0 Å².